The Hall–Kier alpha value is -0.0400. The summed E-state index contributed by atoms with van der Waals surface area (Å²) in [6, 6.07) is 0.842. The molecule has 4 fully saturated rings. The monoisotopic (exact) mass is 263 g/mol. The number of hydrogen-bond acceptors (Lipinski definition) is 1. The minimum atomic E-state index is 0.842. The third kappa shape index (κ3) is 2.86. The minimum absolute atomic E-state index is 0.842. The second-order valence-electron chi connectivity index (χ2n) is 7.71. The van der Waals surface area contributed by atoms with Crippen LogP contribution < -0.4 is 5.32 Å². The lowest BCUT2D eigenvalue weighted by Gasteiger charge is -2.56. The molecule has 0 heterocycles. The Labute approximate surface area is 119 Å². The molecule has 0 spiro atoms. The van der Waals surface area contributed by atoms with Gasteiger partial charge in [0.15, 0.2) is 0 Å². The molecule has 1 atom stereocenters. The zero-order valence-corrected chi connectivity index (χ0v) is 13.0. The van der Waals surface area contributed by atoms with E-state index in [1.807, 2.05) is 0 Å². The van der Waals surface area contributed by atoms with E-state index in [1.54, 1.807) is 32.1 Å². The van der Waals surface area contributed by atoms with Gasteiger partial charge in [0, 0.05) is 6.04 Å². The average molecular weight is 263 g/mol. The molecule has 0 saturated heterocycles. The molecule has 1 unspecified atom stereocenters. The SMILES string of the molecule is CCCCC(NCCC)C1C2CC3CC(C2)CC1C3. The molecule has 0 aliphatic heterocycles. The Kier molecular flexibility index (Phi) is 4.51. The first-order chi connectivity index (χ1) is 9.31. The van der Waals surface area contributed by atoms with Crippen LogP contribution in [0.3, 0.4) is 0 Å². The molecule has 1 N–H and O–H groups in total. The van der Waals surface area contributed by atoms with Crippen LogP contribution in [0.15, 0.2) is 0 Å². The Bertz CT molecular complexity index is 249. The van der Waals surface area contributed by atoms with Gasteiger partial charge in [0.1, 0.15) is 0 Å². The maximum atomic E-state index is 3.93. The van der Waals surface area contributed by atoms with Crippen molar-refractivity contribution in [1.82, 2.24) is 5.32 Å². The van der Waals surface area contributed by atoms with Gasteiger partial charge in [-0.3, -0.25) is 0 Å². The van der Waals surface area contributed by atoms with Crippen molar-refractivity contribution in [2.24, 2.45) is 29.6 Å². The van der Waals surface area contributed by atoms with E-state index in [-0.39, 0.29) is 0 Å². The molecule has 0 amide bonds. The Morgan fingerprint density at radius 1 is 0.895 bits per heavy atom. The molecule has 0 radical (unpaired) electrons. The average Bonchev–Trinajstić information content (AvgIpc) is 2.39. The molecule has 4 rings (SSSR count). The first-order valence-corrected chi connectivity index (χ1v) is 9.05. The summed E-state index contributed by atoms with van der Waals surface area (Å²) in [5.41, 5.74) is 0. The third-order valence-corrected chi connectivity index (χ3v) is 6.29. The lowest BCUT2D eigenvalue weighted by atomic mass is 9.50. The van der Waals surface area contributed by atoms with Gasteiger partial charge in [0.25, 0.3) is 0 Å². The molecule has 4 saturated carbocycles. The van der Waals surface area contributed by atoms with E-state index in [1.165, 1.54) is 32.2 Å². The zero-order valence-electron chi connectivity index (χ0n) is 13.0. The molecule has 1 heteroatoms. The molecule has 4 bridgehead atoms. The van der Waals surface area contributed by atoms with Gasteiger partial charge in [-0.15, -0.1) is 0 Å². The van der Waals surface area contributed by atoms with Crippen molar-refractivity contribution in [2.75, 3.05) is 6.54 Å². The second-order valence-corrected chi connectivity index (χ2v) is 7.71. The van der Waals surface area contributed by atoms with Crippen LogP contribution in [-0.2, 0) is 0 Å². The lowest BCUT2D eigenvalue weighted by molar-refractivity contribution is -0.0531. The van der Waals surface area contributed by atoms with Crippen LogP contribution in [0.5, 0.6) is 0 Å². The zero-order chi connectivity index (χ0) is 13.2. The molecule has 1 nitrogen and oxygen atoms in total. The lowest BCUT2D eigenvalue weighted by Crippen LogP contribution is -2.53. The highest BCUT2D eigenvalue weighted by Crippen LogP contribution is 2.57. The van der Waals surface area contributed by atoms with Gasteiger partial charge in [-0.25, -0.2) is 0 Å². The Morgan fingerprint density at radius 2 is 1.53 bits per heavy atom. The Balaban J connectivity index is 1.66. The second kappa shape index (κ2) is 6.16. The highest BCUT2D eigenvalue weighted by Gasteiger charge is 2.50. The van der Waals surface area contributed by atoms with Crippen LogP contribution in [0, 0.1) is 29.6 Å². The van der Waals surface area contributed by atoms with E-state index < -0.39 is 0 Å². The highest BCUT2D eigenvalue weighted by molar-refractivity contribution is 5.01. The van der Waals surface area contributed by atoms with Crippen LogP contribution in [0.1, 0.15) is 71.6 Å². The summed E-state index contributed by atoms with van der Waals surface area (Å²) in [4.78, 5) is 0. The fourth-order valence-electron chi connectivity index (χ4n) is 5.81. The van der Waals surface area contributed by atoms with E-state index >= 15 is 0 Å². The maximum Gasteiger partial charge on any atom is 0.0101 e. The van der Waals surface area contributed by atoms with Gasteiger partial charge in [-0.05, 0) is 81.1 Å². The highest BCUT2D eigenvalue weighted by atomic mass is 14.9. The van der Waals surface area contributed by atoms with Crippen molar-refractivity contribution in [2.45, 2.75) is 77.7 Å². The summed E-state index contributed by atoms with van der Waals surface area (Å²) in [6.45, 7) is 5.88. The molecule has 110 valence electrons. The van der Waals surface area contributed by atoms with Gasteiger partial charge in [0.05, 0.1) is 0 Å². The fourth-order valence-corrected chi connectivity index (χ4v) is 5.81. The summed E-state index contributed by atoms with van der Waals surface area (Å²) in [5, 5.41) is 3.93. The quantitative estimate of drug-likeness (QED) is 0.707. The van der Waals surface area contributed by atoms with Gasteiger partial charge in [0.2, 0.25) is 0 Å². The molecule has 0 aromatic heterocycles. The van der Waals surface area contributed by atoms with Gasteiger partial charge < -0.3 is 5.32 Å². The van der Waals surface area contributed by atoms with Crippen LogP contribution in [0.2, 0.25) is 0 Å². The third-order valence-electron chi connectivity index (χ3n) is 6.29. The van der Waals surface area contributed by atoms with Crippen molar-refractivity contribution in [3.63, 3.8) is 0 Å². The molecule has 0 aromatic rings. The van der Waals surface area contributed by atoms with Crippen LogP contribution in [0.25, 0.3) is 0 Å². The molecule has 4 aliphatic carbocycles. The van der Waals surface area contributed by atoms with E-state index in [9.17, 15) is 0 Å². The molecule has 19 heavy (non-hydrogen) atoms. The number of unbranched alkanes of at least 4 members (excludes halogenated alkanes) is 1. The van der Waals surface area contributed by atoms with Crippen molar-refractivity contribution in [1.29, 1.82) is 0 Å². The summed E-state index contributed by atoms with van der Waals surface area (Å²) in [7, 11) is 0. The molecule has 4 aliphatic rings. The van der Waals surface area contributed by atoms with Gasteiger partial charge in [-0.1, -0.05) is 26.7 Å². The molecule has 0 aromatic carbocycles. The standard InChI is InChI=1S/C18H33N/c1-3-5-6-17(19-7-4-2)18-15-9-13-8-14(11-15)12-16(18)10-13/h13-19H,3-12H2,1-2H3. The topological polar surface area (TPSA) is 12.0 Å². The van der Waals surface area contributed by atoms with Gasteiger partial charge in [-0.2, -0.15) is 0 Å². The minimum Gasteiger partial charge on any atom is -0.314 e. The van der Waals surface area contributed by atoms with Gasteiger partial charge >= 0.3 is 0 Å². The summed E-state index contributed by atoms with van der Waals surface area (Å²) < 4.78 is 0. The maximum absolute atomic E-state index is 3.93. The van der Waals surface area contributed by atoms with Crippen molar-refractivity contribution in [3.8, 4) is 0 Å². The number of rotatable bonds is 7. The van der Waals surface area contributed by atoms with Crippen molar-refractivity contribution >= 4 is 0 Å². The van der Waals surface area contributed by atoms with Crippen LogP contribution in [-0.4, -0.2) is 12.6 Å². The fraction of sp³-hybridized carbons (Fsp3) is 1.00. The van der Waals surface area contributed by atoms with Crippen molar-refractivity contribution < 1.29 is 0 Å². The van der Waals surface area contributed by atoms with Crippen molar-refractivity contribution in [3.05, 3.63) is 0 Å². The number of hydrogen-bond donors (Lipinski definition) is 1. The summed E-state index contributed by atoms with van der Waals surface area (Å²) in [5.74, 6) is 5.45. The Morgan fingerprint density at radius 3 is 2.05 bits per heavy atom. The van der Waals surface area contributed by atoms with E-state index in [4.69, 9.17) is 0 Å². The summed E-state index contributed by atoms with van der Waals surface area (Å²) >= 11 is 0. The predicted octanol–water partition coefficient (Wildman–Crippen LogP) is 4.62. The molecular formula is C18H33N. The molecular weight excluding hydrogens is 230 g/mol. The first-order valence-electron chi connectivity index (χ1n) is 9.05. The van der Waals surface area contributed by atoms with Crippen LogP contribution in [0.4, 0.5) is 0 Å². The van der Waals surface area contributed by atoms with E-state index in [0.717, 1.165) is 35.6 Å². The smallest absolute Gasteiger partial charge is 0.0101 e. The predicted molar refractivity (Wildman–Crippen MR) is 82.1 cm³/mol. The normalized spacial score (nSPS) is 41.7. The first kappa shape index (κ1) is 13.9. The number of nitrogens with one attached hydrogen (secondary N) is 1. The van der Waals surface area contributed by atoms with E-state index in [2.05, 4.69) is 19.2 Å². The van der Waals surface area contributed by atoms with Crippen LogP contribution >= 0.6 is 0 Å². The summed E-state index contributed by atoms with van der Waals surface area (Å²) in [6.07, 6.45) is 13.4. The van der Waals surface area contributed by atoms with E-state index in [0.29, 0.717) is 0 Å². The largest absolute Gasteiger partial charge is 0.314 e.